The van der Waals surface area contributed by atoms with Gasteiger partial charge in [-0.15, -0.1) is 0 Å². The average Bonchev–Trinajstić information content (AvgIpc) is 2.64. The van der Waals surface area contributed by atoms with Crippen LogP contribution in [0, 0.1) is 0 Å². The molecular formula is C12H22N4O2. The maximum absolute atomic E-state index is 10.7. The standard InChI is InChI=1S/C12H22N4O2/c1-11(2,14)12(3,4)16-6-8(15-7-16)5-9(13)10(17)18/h6-7,9H,5,13-14H2,1-4H3,(H,17,18). The zero-order chi connectivity index (χ0) is 14.1. The van der Waals surface area contributed by atoms with Crippen LogP contribution in [0.1, 0.15) is 33.4 Å². The normalized spacial score (nSPS) is 14.6. The molecule has 6 heteroatoms. The highest BCUT2D eigenvalue weighted by Crippen LogP contribution is 2.27. The summed E-state index contributed by atoms with van der Waals surface area (Å²) in [6.07, 6.45) is 3.68. The summed E-state index contributed by atoms with van der Waals surface area (Å²) in [4.78, 5) is 14.9. The van der Waals surface area contributed by atoms with E-state index in [4.69, 9.17) is 16.6 Å². The lowest BCUT2D eigenvalue weighted by molar-refractivity contribution is -0.138. The van der Waals surface area contributed by atoms with Crippen molar-refractivity contribution < 1.29 is 9.90 Å². The summed E-state index contributed by atoms with van der Waals surface area (Å²) in [5.74, 6) is -1.03. The Hall–Kier alpha value is -1.40. The van der Waals surface area contributed by atoms with Crippen LogP contribution in [0.25, 0.3) is 0 Å². The minimum absolute atomic E-state index is 0.212. The Morgan fingerprint density at radius 1 is 1.50 bits per heavy atom. The highest BCUT2D eigenvalue weighted by Gasteiger charge is 2.35. The molecule has 6 nitrogen and oxygen atoms in total. The molecule has 0 saturated heterocycles. The van der Waals surface area contributed by atoms with Crippen molar-refractivity contribution in [1.82, 2.24) is 9.55 Å². The average molecular weight is 254 g/mol. The lowest BCUT2D eigenvalue weighted by Gasteiger charge is -2.39. The van der Waals surface area contributed by atoms with E-state index >= 15 is 0 Å². The first-order valence-electron chi connectivity index (χ1n) is 5.86. The summed E-state index contributed by atoms with van der Waals surface area (Å²) >= 11 is 0. The van der Waals surface area contributed by atoms with Gasteiger partial charge < -0.3 is 21.1 Å². The van der Waals surface area contributed by atoms with Crippen molar-refractivity contribution in [3.05, 3.63) is 18.2 Å². The van der Waals surface area contributed by atoms with E-state index in [0.29, 0.717) is 5.69 Å². The van der Waals surface area contributed by atoms with Crippen LogP contribution in [0.4, 0.5) is 0 Å². The first-order chi connectivity index (χ1) is 8.05. The smallest absolute Gasteiger partial charge is 0.320 e. The van der Waals surface area contributed by atoms with Crippen LogP contribution in [-0.2, 0) is 16.8 Å². The Morgan fingerprint density at radius 3 is 2.50 bits per heavy atom. The molecule has 0 amide bonds. The molecule has 0 aromatic carbocycles. The number of aliphatic carboxylic acids is 1. The van der Waals surface area contributed by atoms with Gasteiger partial charge in [-0.1, -0.05) is 0 Å². The number of nitrogens with zero attached hydrogens (tertiary/aromatic N) is 2. The first-order valence-corrected chi connectivity index (χ1v) is 5.86. The van der Waals surface area contributed by atoms with Gasteiger partial charge in [0.15, 0.2) is 0 Å². The molecule has 1 rings (SSSR count). The van der Waals surface area contributed by atoms with Crippen LogP contribution >= 0.6 is 0 Å². The summed E-state index contributed by atoms with van der Waals surface area (Å²) in [7, 11) is 0. The maximum Gasteiger partial charge on any atom is 0.320 e. The van der Waals surface area contributed by atoms with E-state index < -0.39 is 17.6 Å². The van der Waals surface area contributed by atoms with E-state index in [1.54, 1.807) is 12.5 Å². The fraction of sp³-hybridized carbons (Fsp3) is 0.667. The second-order valence-corrected chi connectivity index (χ2v) is 5.70. The highest BCUT2D eigenvalue weighted by molar-refractivity contribution is 5.73. The molecule has 1 aromatic heterocycles. The molecule has 1 atom stereocenters. The minimum Gasteiger partial charge on any atom is -0.480 e. The zero-order valence-corrected chi connectivity index (χ0v) is 11.3. The summed E-state index contributed by atoms with van der Waals surface area (Å²) in [6.45, 7) is 7.90. The summed E-state index contributed by atoms with van der Waals surface area (Å²) in [6, 6.07) is -0.928. The quantitative estimate of drug-likeness (QED) is 0.701. The number of aromatic nitrogens is 2. The van der Waals surface area contributed by atoms with Crippen molar-refractivity contribution in [2.75, 3.05) is 0 Å². The van der Waals surface area contributed by atoms with Gasteiger partial charge in [-0.05, 0) is 27.7 Å². The number of hydrogen-bond acceptors (Lipinski definition) is 4. The first kappa shape index (κ1) is 14.7. The van der Waals surface area contributed by atoms with E-state index in [1.165, 1.54) is 0 Å². The SMILES string of the molecule is CC(C)(N)C(C)(C)n1cnc(CC(N)C(=O)O)c1. The number of carbonyl (C=O) groups is 1. The number of hydrogen-bond donors (Lipinski definition) is 3. The third-order valence-electron chi connectivity index (χ3n) is 3.60. The zero-order valence-electron chi connectivity index (χ0n) is 11.3. The van der Waals surface area contributed by atoms with Gasteiger partial charge in [-0.3, -0.25) is 4.79 Å². The van der Waals surface area contributed by atoms with Gasteiger partial charge in [0.1, 0.15) is 6.04 Å². The summed E-state index contributed by atoms with van der Waals surface area (Å²) in [5.41, 5.74) is 11.5. The topological polar surface area (TPSA) is 107 Å². The molecule has 0 saturated carbocycles. The van der Waals surface area contributed by atoms with Crippen molar-refractivity contribution >= 4 is 5.97 Å². The van der Waals surface area contributed by atoms with Crippen molar-refractivity contribution in [2.45, 2.75) is 51.2 Å². The molecule has 0 aliphatic carbocycles. The van der Waals surface area contributed by atoms with Crippen molar-refractivity contribution in [3.8, 4) is 0 Å². The van der Waals surface area contributed by atoms with E-state index in [1.807, 2.05) is 32.3 Å². The van der Waals surface area contributed by atoms with Gasteiger partial charge in [0.25, 0.3) is 0 Å². The third kappa shape index (κ3) is 2.88. The second kappa shape index (κ2) is 4.70. The van der Waals surface area contributed by atoms with E-state index in [-0.39, 0.29) is 12.0 Å². The molecule has 1 heterocycles. The molecular weight excluding hydrogens is 232 g/mol. The van der Waals surface area contributed by atoms with Gasteiger partial charge in [0, 0.05) is 18.2 Å². The fourth-order valence-corrected chi connectivity index (χ4v) is 1.42. The molecule has 0 spiro atoms. The molecule has 0 fully saturated rings. The van der Waals surface area contributed by atoms with E-state index in [2.05, 4.69) is 4.98 Å². The monoisotopic (exact) mass is 254 g/mol. The Labute approximate surface area is 107 Å². The molecule has 0 aliphatic heterocycles. The number of carboxylic acids is 1. The van der Waals surface area contributed by atoms with Crippen LogP contribution in [0.3, 0.4) is 0 Å². The molecule has 0 aliphatic rings. The van der Waals surface area contributed by atoms with Crippen LogP contribution in [-0.4, -0.2) is 32.2 Å². The highest BCUT2D eigenvalue weighted by atomic mass is 16.4. The van der Waals surface area contributed by atoms with E-state index in [0.717, 1.165) is 0 Å². The van der Waals surface area contributed by atoms with Crippen LogP contribution < -0.4 is 11.5 Å². The molecule has 18 heavy (non-hydrogen) atoms. The lowest BCUT2D eigenvalue weighted by Crippen LogP contribution is -2.53. The van der Waals surface area contributed by atoms with Crippen molar-refractivity contribution in [2.24, 2.45) is 11.5 Å². The van der Waals surface area contributed by atoms with Crippen molar-refractivity contribution in [1.29, 1.82) is 0 Å². The number of nitrogens with two attached hydrogens (primary N) is 2. The Morgan fingerprint density at radius 2 is 2.06 bits per heavy atom. The van der Waals surface area contributed by atoms with Crippen LogP contribution in [0.15, 0.2) is 12.5 Å². The van der Waals surface area contributed by atoms with Gasteiger partial charge in [0.2, 0.25) is 0 Å². The largest absolute Gasteiger partial charge is 0.480 e. The van der Waals surface area contributed by atoms with E-state index in [9.17, 15) is 4.79 Å². The number of carboxylic acid groups (broad SMARTS) is 1. The van der Waals surface area contributed by atoms with Crippen LogP contribution in [0.5, 0.6) is 0 Å². The molecule has 102 valence electrons. The number of rotatable bonds is 5. The van der Waals surface area contributed by atoms with Crippen molar-refractivity contribution in [3.63, 3.8) is 0 Å². The summed E-state index contributed by atoms with van der Waals surface area (Å²) < 4.78 is 1.90. The van der Waals surface area contributed by atoms with Gasteiger partial charge in [-0.2, -0.15) is 0 Å². The lowest BCUT2D eigenvalue weighted by atomic mass is 9.83. The molecule has 5 N–H and O–H groups in total. The predicted octanol–water partition coefficient (Wildman–Crippen LogP) is 0.310. The third-order valence-corrected chi connectivity index (χ3v) is 3.60. The Balaban J connectivity index is 2.90. The Kier molecular flexibility index (Phi) is 3.83. The predicted molar refractivity (Wildman–Crippen MR) is 69.1 cm³/mol. The second-order valence-electron chi connectivity index (χ2n) is 5.70. The molecule has 0 bridgehead atoms. The maximum atomic E-state index is 10.7. The Bertz CT molecular complexity index is 432. The van der Waals surface area contributed by atoms with Gasteiger partial charge >= 0.3 is 5.97 Å². The number of imidazole rings is 1. The van der Waals surface area contributed by atoms with Crippen LogP contribution in [0.2, 0.25) is 0 Å². The van der Waals surface area contributed by atoms with Gasteiger partial charge in [-0.25, -0.2) is 4.98 Å². The summed E-state index contributed by atoms with van der Waals surface area (Å²) in [5, 5.41) is 8.76. The minimum atomic E-state index is -1.03. The molecule has 1 aromatic rings. The van der Waals surface area contributed by atoms with Gasteiger partial charge in [0.05, 0.1) is 17.6 Å². The molecule has 1 unspecified atom stereocenters. The molecule has 0 radical (unpaired) electrons. The fourth-order valence-electron chi connectivity index (χ4n) is 1.42.